The molecule has 0 saturated carbocycles. The zero-order chi connectivity index (χ0) is 20.7. The Bertz CT molecular complexity index is 805. The van der Waals surface area contributed by atoms with Crippen molar-refractivity contribution in [3.8, 4) is 11.8 Å². The third-order valence-corrected chi connectivity index (χ3v) is 4.62. The van der Waals surface area contributed by atoms with Crippen LogP contribution in [0.3, 0.4) is 0 Å². The van der Waals surface area contributed by atoms with Crippen LogP contribution in [-0.2, 0) is 11.3 Å². The van der Waals surface area contributed by atoms with E-state index >= 15 is 0 Å². The van der Waals surface area contributed by atoms with Crippen LogP contribution in [0.4, 0.5) is 0 Å². The highest BCUT2D eigenvalue weighted by molar-refractivity contribution is 6.01. The Kier molecular flexibility index (Phi) is 10.1. The van der Waals surface area contributed by atoms with Gasteiger partial charge in [-0.25, -0.2) is 0 Å². The van der Waals surface area contributed by atoms with Crippen LogP contribution < -0.4 is 10.1 Å². The minimum Gasteiger partial charge on any atom is -0.494 e. The maximum absolute atomic E-state index is 12.3. The predicted octanol–water partition coefficient (Wildman–Crippen LogP) is 5.65. The maximum atomic E-state index is 12.3. The molecule has 0 fully saturated rings. The molecule has 0 atom stereocenters. The summed E-state index contributed by atoms with van der Waals surface area (Å²) in [6.07, 6.45) is 9.00. The first-order valence-electron chi connectivity index (χ1n) is 10.4. The van der Waals surface area contributed by atoms with E-state index in [0.29, 0.717) is 13.2 Å². The zero-order valence-corrected chi connectivity index (χ0v) is 17.2. The number of nitrogens with zero attached hydrogens (tertiary/aromatic N) is 1. The first-order valence-corrected chi connectivity index (χ1v) is 10.4. The molecule has 0 unspecified atom stereocenters. The van der Waals surface area contributed by atoms with Gasteiger partial charge in [0.1, 0.15) is 17.4 Å². The van der Waals surface area contributed by atoms with Gasteiger partial charge in [-0.2, -0.15) is 5.26 Å². The van der Waals surface area contributed by atoms with Gasteiger partial charge in [0.25, 0.3) is 5.91 Å². The minimum absolute atomic E-state index is 0.0849. The van der Waals surface area contributed by atoms with E-state index in [4.69, 9.17) is 4.74 Å². The summed E-state index contributed by atoms with van der Waals surface area (Å²) in [5, 5.41) is 12.1. The second kappa shape index (κ2) is 13.2. The molecular formula is C25H30N2O2. The average molecular weight is 391 g/mol. The summed E-state index contributed by atoms with van der Waals surface area (Å²) in [6, 6.07) is 19.1. The topological polar surface area (TPSA) is 62.1 Å². The van der Waals surface area contributed by atoms with Gasteiger partial charge in [0.2, 0.25) is 0 Å². The van der Waals surface area contributed by atoms with Crippen LogP contribution in [0.1, 0.15) is 56.6 Å². The second-order valence-electron chi connectivity index (χ2n) is 7.02. The molecule has 29 heavy (non-hydrogen) atoms. The van der Waals surface area contributed by atoms with Crippen LogP contribution in [0, 0.1) is 11.3 Å². The number of nitriles is 1. The van der Waals surface area contributed by atoms with Gasteiger partial charge < -0.3 is 10.1 Å². The van der Waals surface area contributed by atoms with Gasteiger partial charge in [-0.15, -0.1) is 0 Å². The van der Waals surface area contributed by atoms with Gasteiger partial charge >= 0.3 is 0 Å². The fraction of sp³-hybridized carbons (Fsp3) is 0.360. The van der Waals surface area contributed by atoms with Crippen LogP contribution in [0.15, 0.2) is 60.2 Å². The summed E-state index contributed by atoms with van der Waals surface area (Å²) in [7, 11) is 0. The maximum Gasteiger partial charge on any atom is 0.262 e. The Hall–Kier alpha value is -3.06. The molecule has 2 aromatic carbocycles. The smallest absolute Gasteiger partial charge is 0.262 e. The van der Waals surface area contributed by atoms with Crippen molar-refractivity contribution in [2.24, 2.45) is 0 Å². The van der Waals surface area contributed by atoms with Crippen LogP contribution in [0.5, 0.6) is 5.75 Å². The standard InChI is InChI=1S/C25H30N2O2/c1-2-3-4-5-6-10-17-29-24-15-13-21(14-16-24)18-23(19-26)25(28)27-20-22-11-8-7-9-12-22/h7-9,11-16,18H,2-6,10,17,20H2,1H3,(H,27,28). The number of nitrogens with one attached hydrogen (secondary N) is 1. The number of carbonyl (C=O) groups is 1. The average Bonchev–Trinajstić information content (AvgIpc) is 2.77. The molecule has 0 bridgehead atoms. The lowest BCUT2D eigenvalue weighted by Crippen LogP contribution is -2.23. The molecule has 0 aliphatic heterocycles. The predicted molar refractivity (Wildman–Crippen MR) is 117 cm³/mol. The molecule has 0 aliphatic carbocycles. The third-order valence-electron chi connectivity index (χ3n) is 4.62. The van der Waals surface area contributed by atoms with E-state index in [-0.39, 0.29) is 11.5 Å². The van der Waals surface area contributed by atoms with Crippen LogP contribution in [0.25, 0.3) is 6.08 Å². The normalized spacial score (nSPS) is 11.0. The molecule has 0 radical (unpaired) electrons. The van der Waals surface area contributed by atoms with Crippen molar-refractivity contribution in [1.29, 1.82) is 5.26 Å². The zero-order valence-electron chi connectivity index (χ0n) is 17.2. The van der Waals surface area contributed by atoms with E-state index < -0.39 is 0 Å². The van der Waals surface area contributed by atoms with E-state index in [9.17, 15) is 10.1 Å². The SMILES string of the molecule is CCCCCCCCOc1ccc(C=C(C#N)C(=O)NCc2ccccc2)cc1. The van der Waals surface area contributed by atoms with Crippen molar-refractivity contribution in [3.63, 3.8) is 0 Å². The Morgan fingerprint density at radius 2 is 1.69 bits per heavy atom. The molecule has 0 aliphatic rings. The van der Waals surface area contributed by atoms with Gasteiger partial charge in [0.05, 0.1) is 6.61 Å². The number of amides is 1. The van der Waals surface area contributed by atoms with Crippen molar-refractivity contribution in [2.75, 3.05) is 6.61 Å². The molecule has 1 amide bonds. The fourth-order valence-electron chi connectivity index (χ4n) is 2.92. The van der Waals surface area contributed by atoms with Crippen LogP contribution in [-0.4, -0.2) is 12.5 Å². The Morgan fingerprint density at radius 1 is 1.00 bits per heavy atom. The molecule has 1 N–H and O–H groups in total. The number of hydrogen-bond acceptors (Lipinski definition) is 3. The molecule has 152 valence electrons. The first-order chi connectivity index (χ1) is 14.2. The van der Waals surface area contributed by atoms with Crippen molar-refractivity contribution in [1.82, 2.24) is 5.32 Å². The van der Waals surface area contributed by atoms with Gasteiger partial charge in [-0.05, 0) is 35.8 Å². The van der Waals surface area contributed by atoms with E-state index in [1.807, 2.05) is 60.7 Å². The molecular weight excluding hydrogens is 360 g/mol. The van der Waals surface area contributed by atoms with Crippen molar-refractivity contribution in [3.05, 3.63) is 71.3 Å². The molecule has 0 heterocycles. The van der Waals surface area contributed by atoms with E-state index in [1.165, 1.54) is 32.1 Å². The van der Waals surface area contributed by atoms with Gasteiger partial charge in [-0.3, -0.25) is 4.79 Å². The fourth-order valence-corrected chi connectivity index (χ4v) is 2.92. The summed E-state index contributed by atoms with van der Waals surface area (Å²) in [6.45, 7) is 3.33. The van der Waals surface area contributed by atoms with Crippen molar-refractivity contribution in [2.45, 2.75) is 52.0 Å². The quantitative estimate of drug-likeness (QED) is 0.289. The lowest BCUT2D eigenvalue weighted by Gasteiger charge is -2.07. The lowest BCUT2D eigenvalue weighted by atomic mass is 10.1. The van der Waals surface area contributed by atoms with Crippen molar-refractivity contribution >= 4 is 12.0 Å². The number of unbranched alkanes of at least 4 members (excludes halogenated alkanes) is 5. The summed E-state index contributed by atoms with van der Waals surface area (Å²) in [5.41, 5.74) is 1.87. The number of benzene rings is 2. The van der Waals surface area contributed by atoms with E-state index in [1.54, 1.807) is 6.08 Å². The molecule has 0 aromatic heterocycles. The van der Waals surface area contributed by atoms with Crippen molar-refractivity contribution < 1.29 is 9.53 Å². The summed E-state index contributed by atoms with van der Waals surface area (Å²) < 4.78 is 5.77. The third kappa shape index (κ3) is 8.66. The Morgan fingerprint density at radius 3 is 2.38 bits per heavy atom. The molecule has 2 aromatic rings. The van der Waals surface area contributed by atoms with Gasteiger partial charge in [0, 0.05) is 6.54 Å². The number of rotatable bonds is 12. The number of ether oxygens (including phenoxy) is 1. The molecule has 4 heteroatoms. The lowest BCUT2D eigenvalue weighted by molar-refractivity contribution is -0.117. The van der Waals surface area contributed by atoms with Gasteiger partial charge in [0.15, 0.2) is 0 Å². The highest BCUT2D eigenvalue weighted by Crippen LogP contribution is 2.15. The highest BCUT2D eigenvalue weighted by Gasteiger charge is 2.08. The number of carbonyl (C=O) groups excluding carboxylic acids is 1. The van der Waals surface area contributed by atoms with Crippen LogP contribution >= 0.6 is 0 Å². The Labute approximate surface area is 174 Å². The second-order valence-corrected chi connectivity index (χ2v) is 7.02. The summed E-state index contributed by atoms with van der Waals surface area (Å²) in [5.74, 6) is 0.433. The van der Waals surface area contributed by atoms with Gasteiger partial charge in [-0.1, -0.05) is 81.5 Å². The summed E-state index contributed by atoms with van der Waals surface area (Å²) >= 11 is 0. The Balaban J connectivity index is 1.80. The minimum atomic E-state index is -0.375. The van der Waals surface area contributed by atoms with Crippen LogP contribution in [0.2, 0.25) is 0 Å². The van der Waals surface area contributed by atoms with E-state index in [0.717, 1.165) is 23.3 Å². The molecule has 0 spiro atoms. The number of hydrogen-bond donors (Lipinski definition) is 1. The monoisotopic (exact) mass is 390 g/mol. The molecule has 2 rings (SSSR count). The highest BCUT2D eigenvalue weighted by atomic mass is 16.5. The summed E-state index contributed by atoms with van der Waals surface area (Å²) in [4.78, 5) is 12.3. The molecule has 0 saturated heterocycles. The van der Waals surface area contributed by atoms with E-state index in [2.05, 4.69) is 12.2 Å². The molecule has 4 nitrogen and oxygen atoms in total. The first kappa shape index (κ1) is 22.2. The largest absolute Gasteiger partial charge is 0.494 e.